The van der Waals surface area contributed by atoms with E-state index in [9.17, 15) is 5.11 Å². The van der Waals surface area contributed by atoms with Gasteiger partial charge in [0, 0.05) is 12.6 Å². The molecular weight excluding hydrogens is 346 g/mol. The van der Waals surface area contributed by atoms with E-state index in [1.807, 2.05) is 6.07 Å². The average molecular weight is 380 g/mol. The van der Waals surface area contributed by atoms with E-state index >= 15 is 0 Å². The van der Waals surface area contributed by atoms with Crippen molar-refractivity contribution >= 4 is 0 Å². The minimum atomic E-state index is -0.316. The molecule has 2 fully saturated rings. The van der Waals surface area contributed by atoms with Gasteiger partial charge in [-0.05, 0) is 68.3 Å². The Labute approximate surface area is 169 Å². The molecule has 1 heterocycles. The van der Waals surface area contributed by atoms with Gasteiger partial charge >= 0.3 is 0 Å². The molecule has 0 amide bonds. The number of aliphatic hydroxyl groups is 1. The number of aryl methyl sites for hydroxylation is 1. The summed E-state index contributed by atoms with van der Waals surface area (Å²) in [6.45, 7) is 3.02. The van der Waals surface area contributed by atoms with Crippen LogP contribution >= 0.6 is 0 Å². The molecule has 0 aromatic heterocycles. The van der Waals surface area contributed by atoms with Gasteiger partial charge in [0.1, 0.15) is 0 Å². The molecule has 0 radical (unpaired) electrons. The fourth-order valence-electron chi connectivity index (χ4n) is 4.76. The first-order valence-electron chi connectivity index (χ1n) is 11.0. The monoisotopic (exact) mass is 379 g/mol. The van der Waals surface area contributed by atoms with Crippen LogP contribution in [0.25, 0.3) is 11.1 Å². The third-order valence-electron chi connectivity index (χ3n) is 6.38. The lowest BCUT2D eigenvalue weighted by molar-refractivity contribution is -0.0453. The van der Waals surface area contributed by atoms with E-state index in [4.69, 9.17) is 4.74 Å². The average Bonchev–Trinajstić information content (AvgIpc) is 3.13. The van der Waals surface area contributed by atoms with Crippen LogP contribution in [-0.4, -0.2) is 48.0 Å². The molecule has 1 saturated carbocycles. The summed E-state index contributed by atoms with van der Waals surface area (Å²) in [6.07, 6.45) is 7.69. The third kappa shape index (κ3) is 4.83. The molecule has 3 nitrogen and oxygen atoms in total. The fourth-order valence-corrected chi connectivity index (χ4v) is 4.76. The number of nitrogens with zero attached hydrogens (tertiary/aromatic N) is 1. The first-order valence-corrected chi connectivity index (χ1v) is 11.0. The Morgan fingerprint density at radius 3 is 2.32 bits per heavy atom. The maximum Gasteiger partial charge on any atom is 0.0956 e. The molecule has 2 aliphatic rings. The van der Waals surface area contributed by atoms with Gasteiger partial charge in [-0.1, -0.05) is 61.0 Å². The first kappa shape index (κ1) is 19.6. The number of likely N-dealkylation sites (tertiary alicyclic amines) is 1. The SMILES string of the molecule is OC1C(OCCCc2ccc(-c3ccccc3)cc2)CCC1N1CCCCC1. The highest BCUT2D eigenvalue weighted by Gasteiger charge is 2.38. The van der Waals surface area contributed by atoms with Crippen LogP contribution in [0.5, 0.6) is 0 Å². The summed E-state index contributed by atoms with van der Waals surface area (Å²) in [7, 11) is 0. The van der Waals surface area contributed by atoms with Crippen molar-refractivity contribution in [3.63, 3.8) is 0 Å². The second-order valence-electron chi connectivity index (χ2n) is 8.31. The van der Waals surface area contributed by atoms with Crippen LogP contribution in [0.3, 0.4) is 0 Å². The molecule has 1 aliphatic carbocycles. The number of hydrogen-bond donors (Lipinski definition) is 1. The zero-order chi connectivity index (χ0) is 19.2. The molecule has 0 spiro atoms. The number of aliphatic hydroxyl groups excluding tert-OH is 1. The van der Waals surface area contributed by atoms with Gasteiger partial charge in [0.05, 0.1) is 12.2 Å². The molecule has 1 saturated heterocycles. The van der Waals surface area contributed by atoms with Crippen molar-refractivity contribution < 1.29 is 9.84 Å². The highest BCUT2D eigenvalue weighted by atomic mass is 16.5. The molecule has 3 heteroatoms. The van der Waals surface area contributed by atoms with Crippen LogP contribution in [-0.2, 0) is 11.2 Å². The second kappa shape index (κ2) is 9.69. The Morgan fingerprint density at radius 1 is 0.857 bits per heavy atom. The third-order valence-corrected chi connectivity index (χ3v) is 6.38. The summed E-state index contributed by atoms with van der Waals surface area (Å²) < 4.78 is 6.07. The number of rotatable bonds is 7. The molecule has 28 heavy (non-hydrogen) atoms. The maximum atomic E-state index is 10.7. The lowest BCUT2D eigenvalue weighted by atomic mass is 10.0. The van der Waals surface area contributed by atoms with Crippen LogP contribution in [0, 0.1) is 0 Å². The molecule has 4 rings (SSSR count). The van der Waals surface area contributed by atoms with Crippen molar-refractivity contribution in [3.05, 3.63) is 60.2 Å². The minimum absolute atomic E-state index is 0.0207. The molecule has 2 aromatic carbocycles. The summed E-state index contributed by atoms with van der Waals surface area (Å²) in [4.78, 5) is 2.49. The number of piperidine rings is 1. The molecule has 0 bridgehead atoms. The quantitative estimate of drug-likeness (QED) is 0.709. The smallest absolute Gasteiger partial charge is 0.0956 e. The molecule has 3 unspecified atom stereocenters. The van der Waals surface area contributed by atoms with E-state index in [0.717, 1.165) is 45.4 Å². The van der Waals surface area contributed by atoms with Gasteiger partial charge in [-0.15, -0.1) is 0 Å². The van der Waals surface area contributed by atoms with Gasteiger partial charge in [-0.2, -0.15) is 0 Å². The van der Waals surface area contributed by atoms with Gasteiger partial charge in [-0.3, -0.25) is 4.90 Å². The van der Waals surface area contributed by atoms with Crippen molar-refractivity contribution in [2.45, 2.75) is 63.2 Å². The van der Waals surface area contributed by atoms with Crippen molar-refractivity contribution in [2.75, 3.05) is 19.7 Å². The predicted octanol–water partition coefficient (Wildman–Crippen LogP) is 4.68. The zero-order valence-electron chi connectivity index (χ0n) is 16.8. The zero-order valence-corrected chi connectivity index (χ0v) is 16.8. The van der Waals surface area contributed by atoms with Gasteiger partial charge in [0.25, 0.3) is 0 Å². The van der Waals surface area contributed by atoms with Crippen molar-refractivity contribution in [1.82, 2.24) is 4.90 Å². The maximum absolute atomic E-state index is 10.7. The van der Waals surface area contributed by atoms with Gasteiger partial charge in [0.15, 0.2) is 0 Å². The van der Waals surface area contributed by atoms with E-state index in [1.165, 1.54) is 36.0 Å². The van der Waals surface area contributed by atoms with E-state index in [-0.39, 0.29) is 12.2 Å². The molecule has 1 N–H and O–H groups in total. The standard InChI is InChI=1S/C25H33NO2/c27-25-23(26-17-5-2-6-18-26)15-16-24(25)28-19-7-8-20-11-13-22(14-12-20)21-9-3-1-4-10-21/h1,3-4,9-14,23-25,27H,2,5-8,15-19H2. The van der Waals surface area contributed by atoms with Crippen LogP contribution < -0.4 is 0 Å². The topological polar surface area (TPSA) is 32.7 Å². The first-order chi connectivity index (χ1) is 13.8. The Balaban J connectivity index is 1.20. The van der Waals surface area contributed by atoms with Gasteiger partial charge < -0.3 is 9.84 Å². The van der Waals surface area contributed by atoms with E-state index in [2.05, 4.69) is 53.4 Å². The highest BCUT2D eigenvalue weighted by Crippen LogP contribution is 2.29. The summed E-state index contributed by atoms with van der Waals surface area (Å²) in [5.74, 6) is 0. The second-order valence-corrected chi connectivity index (χ2v) is 8.31. The van der Waals surface area contributed by atoms with Crippen LogP contribution in [0.1, 0.15) is 44.1 Å². The van der Waals surface area contributed by atoms with E-state index in [0.29, 0.717) is 6.04 Å². The molecule has 1 aliphatic heterocycles. The summed E-state index contributed by atoms with van der Waals surface area (Å²) in [6, 6.07) is 19.7. The van der Waals surface area contributed by atoms with Crippen molar-refractivity contribution in [2.24, 2.45) is 0 Å². The van der Waals surface area contributed by atoms with Crippen molar-refractivity contribution in [1.29, 1.82) is 0 Å². The van der Waals surface area contributed by atoms with E-state index < -0.39 is 0 Å². The van der Waals surface area contributed by atoms with Crippen LogP contribution in [0.2, 0.25) is 0 Å². The van der Waals surface area contributed by atoms with Crippen LogP contribution in [0.4, 0.5) is 0 Å². The Kier molecular flexibility index (Phi) is 6.79. The molecule has 2 aromatic rings. The minimum Gasteiger partial charge on any atom is -0.389 e. The van der Waals surface area contributed by atoms with Crippen LogP contribution in [0.15, 0.2) is 54.6 Å². The Bertz CT molecular complexity index is 709. The lowest BCUT2D eigenvalue weighted by Crippen LogP contribution is -2.46. The largest absolute Gasteiger partial charge is 0.389 e. The molecule has 3 atom stereocenters. The molecular formula is C25H33NO2. The van der Waals surface area contributed by atoms with Gasteiger partial charge in [-0.25, -0.2) is 0 Å². The Morgan fingerprint density at radius 2 is 1.57 bits per heavy atom. The molecule has 150 valence electrons. The summed E-state index contributed by atoms with van der Waals surface area (Å²) in [5, 5.41) is 10.7. The number of benzene rings is 2. The predicted molar refractivity (Wildman–Crippen MR) is 114 cm³/mol. The highest BCUT2D eigenvalue weighted by molar-refractivity contribution is 5.63. The normalized spacial score (nSPS) is 25.8. The Hall–Kier alpha value is -1.68. The fraction of sp³-hybridized carbons (Fsp3) is 0.520. The summed E-state index contributed by atoms with van der Waals surface area (Å²) >= 11 is 0. The lowest BCUT2D eigenvalue weighted by Gasteiger charge is -2.34. The number of hydrogen-bond acceptors (Lipinski definition) is 3. The summed E-state index contributed by atoms with van der Waals surface area (Å²) in [5.41, 5.74) is 3.87. The van der Waals surface area contributed by atoms with Crippen molar-refractivity contribution in [3.8, 4) is 11.1 Å². The van der Waals surface area contributed by atoms with Gasteiger partial charge in [0.2, 0.25) is 0 Å². The van der Waals surface area contributed by atoms with E-state index in [1.54, 1.807) is 0 Å². The number of ether oxygens (including phenoxy) is 1.